The Labute approximate surface area is 139 Å². The molecular weight excluding hydrogens is 337 g/mol. The van der Waals surface area contributed by atoms with Gasteiger partial charge in [0.1, 0.15) is 10.0 Å². The summed E-state index contributed by atoms with van der Waals surface area (Å²) in [6.07, 6.45) is 0.625. The predicted molar refractivity (Wildman–Crippen MR) is 89.1 cm³/mol. The number of rotatable bonds is 4. The van der Waals surface area contributed by atoms with Gasteiger partial charge in [-0.1, -0.05) is 0 Å². The summed E-state index contributed by atoms with van der Waals surface area (Å²) in [5.74, 6) is -0.347. The fourth-order valence-electron chi connectivity index (χ4n) is 2.67. The van der Waals surface area contributed by atoms with Crippen LogP contribution in [-0.4, -0.2) is 27.7 Å². The second-order valence-electron chi connectivity index (χ2n) is 5.62. The van der Waals surface area contributed by atoms with Crippen LogP contribution in [0.3, 0.4) is 0 Å². The Balaban J connectivity index is 2.10. The van der Waals surface area contributed by atoms with Gasteiger partial charge in [-0.05, 0) is 56.2 Å². The molecule has 7 heteroatoms. The molecule has 2 aromatic rings. The van der Waals surface area contributed by atoms with Gasteiger partial charge in [-0.2, -0.15) is 0 Å². The van der Waals surface area contributed by atoms with E-state index in [4.69, 9.17) is 4.74 Å². The van der Waals surface area contributed by atoms with Gasteiger partial charge < -0.3 is 4.74 Å². The number of sulfonamides is 1. The fourth-order valence-corrected chi connectivity index (χ4v) is 5.70. The summed E-state index contributed by atoms with van der Waals surface area (Å²) >= 11 is 1.24. The third kappa shape index (κ3) is 3.13. The molecule has 2 heterocycles. The zero-order valence-corrected chi connectivity index (χ0v) is 14.6. The topological polar surface area (TPSA) is 46.6 Å². The van der Waals surface area contributed by atoms with Crippen LogP contribution in [0.15, 0.2) is 34.5 Å². The first kappa shape index (κ1) is 16.4. The van der Waals surface area contributed by atoms with Gasteiger partial charge in [-0.3, -0.25) is 4.31 Å². The summed E-state index contributed by atoms with van der Waals surface area (Å²) in [5.41, 5.74) is 0.898. The molecule has 124 valence electrons. The smallest absolute Gasteiger partial charge is 0.274 e. The summed E-state index contributed by atoms with van der Waals surface area (Å²) in [4.78, 5) is 0.932. The molecule has 1 fully saturated rings. The monoisotopic (exact) mass is 355 g/mol. The highest BCUT2D eigenvalue weighted by molar-refractivity contribution is 7.94. The molecule has 0 aliphatic carbocycles. The molecule has 0 bridgehead atoms. The minimum absolute atomic E-state index is 0.271. The number of nitrogens with zero attached hydrogens (tertiary/aromatic N) is 1. The van der Waals surface area contributed by atoms with Crippen molar-refractivity contribution in [2.24, 2.45) is 0 Å². The number of benzene rings is 1. The van der Waals surface area contributed by atoms with E-state index in [1.807, 2.05) is 6.92 Å². The van der Waals surface area contributed by atoms with E-state index in [2.05, 4.69) is 0 Å². The maximum absolute atomic E-state index is 13.6. The van der Waals surface area contributed by atoms with Gasteiger partial charge in [-0.15, -0.1) is 11.3 Å². The van der Waals surface area contributed by atoms with Crippen molar-refractivity contribution in [2.45, 2.75) is 30.5 Å². The summed E-state index contributed by atoms with van der Waals surface area (Å²) in [6.45, 7) is 4.37. The Morgan fingerprint density at radius 2 is 2.04 bits per heavy atom. The molecular formula is C16H18FNO3S2. The summed E-state index contributed by atoms with van der Waals surface area (Å²) in [5, 5.41) is 0. The van der Waals surface area contributed by atoms with Crippen LogP contribution in [0.4, 0.5) is 10.1 Å². The highest BCUT2D eigenvalue weighted by atomic mass is 32.2. The van der Waals surface area contributed by atoms with Crippen LogP contribution in [0.5, 0.6) is 0 Å². The molecule has 1 aliphatic rings. The number of halogens is 1. The molecule has 3 rings (SSSR count). The van der Waals surface area contributed by atoms with Gasteiger partial charge in [0, 0.05) is 11.5 Å². The lowest BCUT2D eigenvalue weighted by atomic mass is 10.2. The van der Waals surface area contributed by atoms with Gasteiger partial charge in [0.05, 0.1) is 18.3 Å². The van der Waals surface area contributed by atoms with E-state index in [0.717, 1.165) is 4.88 Å². The van der Waals surface area contributed by atoms with E-state index >= 15 is 0 Å². The van der Waals surface area contributed by atoms with E-state index in [1.54, 1.807) is 25.1 Å². The van der Waals surface area contributed by atoms with Crippen molar-refractivity contribution in [2.75, 3.05) is 17.5 Å². The van der Waals surface area contributed by atoms with Crippen LogP contribution < -0.4 is 4.31 Å². The van der Waals surface area contributed by atoms with Crippen molar-refractivity contribution in [1.82, 2.24) is 0 Å². The second-order valence-corrected chi connectivity index (χ2v) is 8.95. The van der Waals surface area contributed by atoms with Gasteiger partial charge in [0.15, 0.2) is 0 Å². The number of ether oxygens (including phenoxy) is 1. The standard InChI is InChI=1S/C16H18FNO3S2/c1-11-9-13(4-5-15(11)17)18(14-7-8-21-10-14)23(19,20)16-6-3-12(2)22-16/h3-6,9,14H,7-8,10H2,1-2H3/t14-/m0/s1. The van der Waals surface area contributed by atoms with Crippen molar-refractivity contribution in [3.8, 4) is 0 Å². The molecule has 0 saturated carbocycles. The van der Waals surface area contributed by atoms with Crippen molar-refractivity contribution < 1.29 is 17.5 Å². The van der Waals surface area contributed by atoms with Crippen molar-refractivity contribution in [3.63, 3.8) is 0 Å². The van der Waals surface area contributed by atoms with Crippen LogP contribution in [0.1, 0.15) is 16.9 Å². The predicted octanol–water partition coefficient (Wildman–Crippen LogP) is 3.49. The van der Waals surface area contributed by atoms with Crippen molar-refractivity contribution >= 4 is 27.0 Å². The lowest BCUT2D eigenvalue weighted by Gasteiger charge is -2.29. The van der Waals surface area contributed by atoms with Crippen molar-refractivity contribution in [1.29, 1.82) is 0 Å². The Hall–Kier alpha value is -1.44. The van der Waals surface area contributed by atoms with Crippen molar-refractivity contribution in [3.05, 3.63) is 46.6 Å². The maximum atomic E-state index is 13.6. The fraction of sp³-hybridized carbons (Fsp3) is 0.375. The molecule has 1 aliphatic heterocycles. The lowest BCUT2D eigenvalue weighted by Crippen LogP contribution is -2.40. The average molecular weight is 355 g/mol. The van der Waals surface area contributed by atoms with Crippen LogP contribution in [-0.2, 0) is 14.8 Å². The lowest BCUT2D eigenvalue weighted by molar-refractivity contribution is 0.194. The summed E-state index contributed by atoms with van der Waals surface area (Å²) in [6, 6.07) is 7.53. The van der Waals surface area contributed by atoms with Gasteiger partial charge in [-0.25, -0.2) is 12.8 Å². The Morgan fingerprint density at radius 1 is 1.26 bits per heavy atom. The summed E-state index contributed by atoms with van der Waals surface area (Å²) < 4.78 is 46.9. The second kappa shape index (κ2) is 6.22. The first-order valence-corrected chi connectivity index (χ1v) is 9.60. The summed E-state index contributed by atoms with van der Waals surface area (Å²) in [7, 11) is -3.70. The number of hydrogen-bond acceptors (Lipinski definition) is 4. The SMILES string of the molecule is Cc1ccc(S(=O)(=O)N(c2ccc(F)c(C)c2)[C@H]2CCOC2)s1. The van der Waals surface area contributed by atoms with Gasteiger partial charge in [0.25, 0.3) is 10.0 Å². The minimum atomic E-state index is -3.70. The molecule has 0 N–H and O–H groups in total. The molecule has 0 amide bonds. The van der Waals surface area contributed by atoms with E-state index in [1.165, 1.54) is 27.8 Å². The molecule has 4 nitrogen and oxygen atoms in total. The van der Waals surface area contributed by atoms with E-state index in [0.29, 0.717) is 35.1 Å². The maximum Gasteiger partial charge on any atom is 0.274 e. The van der Waals surface area contributed by atoms with Crippen LogP contribution in [0.2, 0.25) is 0 Å². The molecule has 0 radical (unpaired) electrons. The van der Waals surface area contributed by atoms with E-state index < -0.39 is 10.0 Å². The molecule has 0 spiro atoms. The first-order chi connectivity index (χ1) is 10.9. The zero-order valence-electron chi connectivity index (χ0n) is 13.0. The number of hydrogen-bond donors (Lipinski definition) is 0. The molecule has 0 unspecified atom stereocenters. The molecule has 1 aromatic heterocycles. The Morgan fingerprint density at radius 3 is 2.61 bits per heavy atom. The Bertz CT molecular complexity index is 810. The normalized spacial score (nSPS) is 18.3. The average Bonchev–Trinajstić information content (AvgIpc) is 3.15. The first-order valence-electron chi connectivity index (χ1n) is 7.34. The van der Waals surface area contributed by atoms with Gasteiger partial charge >= 0.3 is 0 Å². The number of aryl methyl sites for hydroxylation is 2. The zero-order chi connectivity index (χ0) is 16.6. The molecule has 1 saturated heterocycles. The molecule has 1 atom stereocenters. The largest absolute Gasteiger partial charge is 0.379 e. The van der Waals surface area contributed by atoms with E-state index in [9.17, 15) is 12.8 Å². The van der Waals surface area contributed by atoms with Crippen LogP contribution in [0, 0.1) is 19.7 Å². The van der Waals surface area contributed by atoms with Gasteiger partial charge in [0.2, 0.25) is 0 Å². The number of thiophene rings is 1. The molecule has 1 aromatic carbocycles. The third-order valence-corrected chi connectivity index (χ3v) is 7.21. The number of anilines is 1. The van der Waals surface area contributed by atoms with E-state index in [-0.39, 0.29) is 11.9 Å². The van der Waals surface area contributed by atoms with Crippen LogP contribution >= 0.6 is 11.3 Å². The quantitative estimate of drug-likeness (QED) is 0.843. The Kier molecular flexibility index (Phi) is 4.44. The molecule has 23 heavy (non-hydrogen) atoms. The van der Waals surface area contributed by atoms with Crippen LogP contribution in [0.25, 0.3) is 0 Å². The minimum Gasteiger partial charge on any atom is -0.379 e. The highest BCUT2D eigenvalue weighted by Gasteiger charge is 2.35. The third-order valence-electron chi connectivity index (χ3n) is 3.86. The highest BCUT2D eigenvalue weighted by Crippen LogP contribution is 2.33.